The Morgan fingerprint density at radius 3 is 2.73 bits per heavy atom. The molecule has 1 aliphatic rings. The molecule has 0 saturated carbocycles. The Morgan fingerprint density at radius 2 is 2.07 bits per heavy atom. The lowest BCUT2D eigenvalue weighted by Gasteiger charge is -2.24. The summed E-state index contributed by atoms with van der Waals surface area (Å²) in [6.45, 7) is 3.10. The number of halogens is 2. The van der Waals surface area contributed by atoms with Crippen LogP contribution in [0.15, 0.2) is 18.2 Å². The standard InChI is InChI=1S/C11H14Cl2N2/c12-10-2-1-8(6-11(10)13)5-9-7-14-3-4-15-9/h1-2,6,9,14-15H,3-5,7H2/t9-/m0/s1. The zero-order valence-corrected chi connectivity index (χ0v) is 9.91. The van der Waals surface area contributed by atoms with Crippen LogP contribution in [0.4, 0.5) is 0 Å². The van der Waals surface area contributed by atoms with Crippen molar-refractivity contribution < 1.29 is 0 Å². The highest BCUT2D eigenvalue weighted by Crippen LogP contribution is 2.23. The highest BCUT2D eigenvalue weighted by Gasteiger charge is 2.12. The molecule has 1 heterocycles. The van der Waals surface area contributed by atoms with Crippen LogP contribution in [0.5, 0.6) is 0 Å². The molecule has 0 amide bonds. The minimum atomic E-state index is 0.496. The maximum atomic E-state index is 5.96. The van der Waals surface area contributed by atoms with Crippen LogP contribution in [-0.4, -0.2) is 25.7 Å². The van der Waals surface area contributed by atoms with Crippen molar-refractivity contribution in [2.24, 2.45) is 0 Å². The first-order valence-electron chi connectivity index (χ1n) is 5.14. The van der Waals surface area contributed by atoms with Crippen LogP contribution in [0.2, 0.25) is 10.0 Å². The van der Waals surface area contributed by atoms with Crippen LogP contribution in [0.25, 0.3) is 0 Å². The molecule has 2 N–H and O–H groups in total. The molecule has 15 heavy (non-hydrogen) atoms. The van der Waals surface area contributed by atoms with Gasteiger partial charge in [0.15, 0.2) is 0 Å². The van der Waals surface area contributed by atoms with E-state index in [9.17, 15) is 0 Å². The van der Waals surface area contributed by atoms with Crippen molar-refractivity contribution in [2.45, 2.75) is 12.5 Å². The monoisotopic (exact) mass is 244 g/mol. The zero-order chi connectivity index (χ0) is 10.7. The Balaban J connectivity index is 2.00. The molecule has 2 nitrogen and oxygen atoms in total. The second kappa shape index (κ2) is 5.17. The van der Waals surface area contributed by atoms with Gasteiger partial charge in [-0.1, -0.05) is 29.3 Å². The number of hydrogen-bond acceptors (Lipinski definition) is 2. The van der Waals surface area contributed by atoms with Crippen LogP contribution >= 0.6 is 23.2 Å². The van der Waals surface area contributed by atoms with Gasteiger partial charge >= 0.3 is 0 Å². The van der Waals surface area contributed by atoms with Crippen molar-refractivity contribution in [3.63, 3.8) is 0 Å². The van der Waals surface area contributed by atoms with Crippen molar-refractivity contribution in [2.75, 3.05) is 19.6 Å². The van der Waals surface area contributed by atoms with Crippen LogP contribution in [0.3, 0.4) is 0 Å². The van der Waals surface area contributed by atoms with Gasteiger partial charge in [0.1, 0.15) is 0 Å². The van der Waals surface area contributed by atoms with Gasteiger partial charge in [-0.15, -0.1) is 0 Å². The van der Waals surface area contributed by atoms with Crippen molar-refractivity contribution in [3.05, 3.63) is 33.8 Å². The van der Waals surface area contributed by atoms with Gasteiger partial charge in [0.25, 0.3) is 0 Å². The van der Waals surface area contributed by atoms with Crippen LogP contribution in [0, 0.1) is 0 Å². The van der Waals surface area contributed by atoms with E-state index in [1.165, 1.54) is 5.56 Å². The minimum absolute atomic E-state index is 0.496. The molecular formula is C11H14Cl2N2. The maximum absolute atomic E-state index is 5.96. The normalized spacial score (nSPS) is 21.6. The molecule has 0 aromatic heterocycles. The second-order valence-corrected chi connectivity index (χ2v) is 4.62. The molecule has 1 aromatic rings. The molecule has 82 valence electrons. The van der Waals surface area contributed by atoms with Crippen LogP contribution in [0.1, 0.15) is 5.56 Å². The number of benzene rings is 1. The molecule has 0 bridgehead atoms. The molecule has 0 unspecified atom stereocenters. The molecule has 1 aromatic carbocycles. The molecule has 0 aliphatic carbocycles. The number of nitrogens with one attached hydrogen (secondary N) is 2. The van der Waals surface area contributed by atoms with E-state index in [0.717, 1.165) is 26.1 Å². The van der Waals surface area contributed by atoms with Gasteiger partial charge in [-0.05, 0) is 24.1 Å². The molecule has 1 saturated heterocycles. The topological polar surface area (TPSA) is 24.1 Å². The lowest BCUT2D eigenvalue weighted by atomic mass is 10.0. The Bertz CT molecular complexity index is 335. The summed E-state index contributed by atoms with van der Waals surface area (Å²) in [6.07, 6.45) is 0.990. The van der Waals surface area contributed by atoms with Gasteiger partial charge < -0.3 is 10.6 Å². The summed E-state index contributed by atoms with van der Waals surface area (Å²) in [5.41, 5.74) is 1.23. The third-order valence-corrected chi connectivity index (χ3v) is 3.33. The van der Waals surface area contributed by atoms with Crippen molar-refractivity contribution in [1.29, 1.82) is 0 Å². The van der Waals surface area contributed by atoms with E-state index < -0.39 is 0 Å². The van der Waals surface area contributed by atoms with E-state index in [2.05, 4.69) is 10.6 Å². The smallest absolute Gasteiger partial charge is 0.0595 e. The molecule has 0 radical (unpaired) electrons. The average molecular weight is 245 g/mol. The van der Waals surface area contributed by atoms with Crippen molar-refractivity contribution in [3.8, 4) is 0 Å². The fraction of sp³-hybridized carbons (Fsp3) is 0.455. The number of piperazine rings is 1. The van der Waals surface area contributed by atoms with E-state index in [1.54, 1.807) is 0 Å². The van der Waals surface area contributed by atoms with Crippen LogP contribution in [-0.2, 0) is 6.42 Å². The average Bonchev–Trinajstić information content (AvgIpc) is 2.25. The van der Waals surface area contributed by atoms with Crippen LogP contribution < -0.4 is 10.6 Å². The fourth-order valence-electron chi connectivity index (χ4n) is 1.81. The molecule has 0 spiro atoms. The largest absolute Gasteiger partial charge is 0.314 e. The highest BCUT2D eigenvalue weighted by atomic mass is 35.5. The lowest BCUT2D eigenvalue weighted by Crippen LogP contribution is -2.49. The Hall–Kier alpha value is -0.280. The van der Waals surface area contributed by atoms with Crippen molar-refractivity contribution >= 4 is 23.2 Å². The molecule has 2 rings (SSSR count). The number of hydrogen-bond donors (Lipinski definition) is 2. The Kier molecular flexibility index (Phi) is 3.87. The first-order chi connectivity index (χ1) is 7.25. The van der Waals surface area contributed by atoms with E-state index in [4.69, 9.17) is 23.2 Å². The molecule has 4 heteroatoms. The Morgan fingerprint density at radius 1 is 1.20 bits per heavy atom. The third kappa shape index (κ3) is 3.08. The summed E-state index contributed by atoms with van der Waals surface area (Å²) in [7, 11) is 0. The van der Waals surface area contributed by atoms with E-state index in [-0.39, 0.29) is 0 Å². The predicted octanol–water partition coefficient (Wildman–Crippen LogP) is 2.10. The van der Waals surface area contributed by atoms with Crippen molar-refractivity contribution in [1.82, 2.24) is 10.6 Å². The molecule has 1 fully saturated rings. The van der Waals surface area contributed by atoms with Gasteiger partial charge in [0.05, 0.1) is 10.0 Å². The summed E-state index contributed by atoms with van der Waals surface area (Å²) >= 11 is 11.8. The van der Waals surface area contributed by atoms with Gasteiger partial charge in [-0.2, -0.15) is 0 Å². The fourth-order valence-corrected chi connectivity index (χ4v) is 2.13. The maximum Gasteiger partial charge on any atom is 0.0595 e. The molecule has 1 aliphatic heterocycles. The van der Waals surface area contributed by atoms with E-state index in [1.807, 2.05) is 18.2 Å². The highest BCUT2D eigenvalue weighted by molar-refractivity contribution is 6.42. The lowest BCUT2D eigenvalue weighted by molar-refractivity contribution is 0.416. The first kappa shape index (κ1) is 11.2. The third-order valence-electron chi connectivity index (χ3n) is 2.59. The summed E-state index contributed by atoms with van der Waals surface area (Å²) in [5.74, 6) is 0. The molecule has 1 atom stereocenters. The summed E-state index contributed by atoms with van der Waals surface area (Å²) < 4.78 is 0. The first-order valence-corrected chi connectivity index (χ1v) is 5.89. The summed E-state index contributed by atoms with van der Waals surface area (Å²) in [4.78, 5) is 0. The van der Waals surface area contributed by atoms with E-state index in [0.29, 0.717) is 16.1 Å². The SMILES string of the molecule is Clc1ccc(C[C@H]2CNCCN2)cc1Cl. The van der Waals surface area contributed by atoms with Gasteiger partial charge in [-0.3, -0.25) is 0 Å². The quantitative estimate of drug-likeness (QED) is 0.833. The van der Waals surface area contributed by atoms with Gasteiger partial charge in [0.2, 0.25) is 0 Å². The molecular weight excluding hydrogens is 231 g/mol. The predicted molar refractivity (Wildman–Crippen MR) is 64.8 cm³/mol. The van der Waals surface area contributed by atoms with E-state index >= 15 is 0 Å². The Labute approximate surface area is 100.0 Å². The second-order valence-electron chi connectivity index (χ2n) is 3.81. The minimum Gasteiger partial charge on any atom is -0.314 e. The number of rotatable bonds is 2. The summed E-state index contributed by atoms with van der Waals surface area (Å²) in [6, 6.07) is 6.33. The summed E-state index contributed by atoms with van der Waals surface area (Å²) in [5, 5.41) is 8.08. The van der Waals surface area contributed by atoms with Gasteiger partial charge in [0, 0.05) is 25.7 Å². The zero-order valence-electron chi connectivity index (χ0n) is 8.39. The van der Waals surface area contributed by atoms with Gasteiger partial charge in [-0.25, -0.2) is 0 Å².